The van der Waals surface area contributed by atoms with Gasteiger partial charge in [-0.15, -0.1) is 0 Å². The van der Waals surface area contributed by atoms with Crippen LogP contribution in [0.2, 0.25) is 0 Å². The van der Waals surface area contributed by atoms with E-state index < -0.39 is 18.1 Å². The molecule has 1 N–H and O–H groups in total. The Kier molecular flexibility index (Phi) is 6.26. The van der Waals surface area contributed by atoms with Crippen molar-refractivity contribution >= 4 is 19.6 Å². The maximum absolute atomic E-state index is 13.2. The molecule has 20 heavy (non-hydrogen) atoms. The molecule has 6 heteroatoms. The monoisotopic (exact) mass is 303 g/mol. The zero-order valence-corrected chi connectivity index (χ0v) is 12.1. The van der Waals surface area contributed by atoms with Crippen molar-refractivity contribution in [2.75, 3.05) is 0 Å². The predicted molar refractivity (Wildman–Crippen MR) is 77.3 cm³/mol. The number of amides is 1. The maximum Gasteiger partial charge on any atom is 0.407 e. The molecular formula is C14H19F2NO2S. The second-order valence-corrected chi connectivity index (χ2v) is 4.86. The summed E-state index contributed by atoms with van der Waals surface area (Å²) in [5, 5.41) is 2.50. The number of alkyl carbamates (subject to hydrolysis) is 1. The van der Waals surface area contributed by atoms with E-state index in [1.165, 1.54) is 0 Å². The molecule has 0 unspecified atom stereocenters. The van der Waals surface area contributed by atoms with E-state index in [0.717, 1.165) is 5.56 Å². The van der Waals surface area contributed by atoms with Crippen molar-refractivity contribution in [1.29, 1.82) is 0 Å². The summed E-state index contributed by atoms with van der Waals surface area (Å²) in [5.74, 6) is -2.67. The lowest BCUT2D eigenvalue weighted by Crippen LogP contribution is -2.42. The van der Waals surface area contributed by atoms with Crippen LogP contribution in [-0.4, -0.2) is 18.1 Å². The number of rotatable bonds is 3. The molecular weight excluding hydrogens is 284 g/mol. The standard InChI is InChI=1S/C14H17F2NO2.H2S/c15-14(16)8-4-7-12(9-14)17-13(18)19-10-11-5-2-1-3-6-11;/h1-3,5-6,12H,4,7-10H2,(H,17,18);1H2/t12-;/m0./s1. The molecule has 1 aromatic rings. The van der Waals surface area contributed by atoms with Crippen LogP contribution in [0, 0.1) is 0 Å². The minimum Gasteiger partial charge on any atom is -0.445 e. The van der Waals surface area contributed by atoms with Gasteiger partial charge in [-0.3, -0.25) is 0 Å². The lowest BCUT2D eigenvalue weighted by atomic mass is 9.92. The van der Waals surface area contributed by atoms with Gasteiger partial charge in [0.15, 0.2) is 0 Å². The molecule has 1 aromatic carbocycles. The highest BCUT2D eigenvalue weighted by atomic mass is 32.1. The molecule has 0 bridgehead atoms. The molecule has 1 fully saturated rings. The van der Waals surface area contributed by atoms with Crippen LogP contribution in [-0.2, 0) is 11.3 Å². The van der Waals surface area contributed by atoms with E-state index in [0.29, 0.717) is 12.8 Å². The highest BCUT2D eigenvalue weighted by Gasteiger charge is 2.36. The summed E-state index contributed by atoms with van der Waals surface area (Å²) in [6, 6.07) is 8.74. The topological polar surface area (TPSA) is 38.3 Å². The number of alkyl halides is 2. The Bertz CT molecular complexity index is 428. The Morgan fingerprint density at radius 2 is 2.05 bits per heavy atom. The van der Waals surface area contributed by atoms with E-state index in [2.05, 4.69) is 5.32 Å². The molecule has 3 nitrogen and oxygen atoms in total. The molecule has 1 aliphatic carbocycles. The number of benzene rings is 1. The van der Waals surface area contributed by atoms with Crippen LogP contribution in [0.5, 0.6) is 0 Å². The van der Waals surface area contributed by atoms with Crippen LogP contribution in [0.15, 0.2) is 30.3 Å². The van der Waals surface area contributed by atoms with Gasteiger partial charge in [0, 0.05) is 18.9 Å². The number of carbonyl (C=O) groups excluding carboxylic acids is 1. The van der Waals surface area contributed by atoms with Gasteiger partial charge in [-0.05, 0) is 18.4 Å². The smallest absolute Gasteiger partial charge is 0.407 e. The fourth-order valence-electron chi connectivity index (χ4n) is 2.23. The minimum atomic E-state index is -2.67. The van der Waals surface area contributed by atoms with Gasteiger partial charge >= 0.3 is 6.09 Å². The first-order valence-corrected chi connectivity index (χ1v) is 6.40. The van der Waals surface area contributed by atoms with Gasteiger partial charge in [-0.25, -0.2) is 13.6 Å². The predicted octanol–water partition coefficient (Wildman–Crippen LogP) is 3.60. The van der Waals surface area contributed by atoms with Crippen LogP contribution in [0.1, 0.15) is 31.2 Å². The molecule has 0 heterocycles. The second-order valence-electron chi connectivity index (χ2n) is 4.86. The first-order valence-electron chi connectivity index (χ1n) is 6.40. The van der Waals surface area contributed by atoms with E-state index in [-0.39, 0.29) is 32.9 Å². The van der Waals surface area contributed by atoms with Crippen molar-refractivity contribution in [2.45, 2.75) is 44.3 Å². The summed E-state index contributed by atoms with van der Waals surface area (Å²) in [7, 11) is 0. The third kappa shape index (κ3) is 5.36. The molecule has 0 aliphatic heterocycles. The number of nitrogens with one attached hydrogen (secondary N) is 1. The first-order chi connectivity index (χ1) is 9.05. The summed E-state index contributed by atoms with van der Waals surface area (Å²) in [6.45, 7) is 0.149. The van der Waals surface area contributed by atoms with Crippen LogP contribution in [0.25, 0.3) is 0 Å². The Balaban J connectivity index is 0.00000200. The molecule has 1 atom stereocenters. The number of carbonyl (C=O) groups is 1. The quantitative estimate of drug-likeness (QED) is 0.926. The van der Waals surface area contributed by atoms with Crippen molar-refractivity contribution in [3.05, 3.63) is 35.9 Å². The second kappa shape index (κ2) is 7.47. The molecule has 1 aliphatic rings. The lowest BCUT2D eigenvalue weighted by Gasteiger charge is -2.29. The van der Waals surface area contributed by atoms with Crippen molar-refractivity contribution in [3.63, 3.8) is 0 Å². The first kappa shape index (κ1) is 16.8. The van der Waals surface area contributed by atoms with Gasteiger partial charge in [0.1, 0.15) is 6.61 Å². The zero-order valence-electron chi connectivity index (χ0n) is 11.1. The average molecular weight is 303 g/mol. The fraction of sp³-hybridized carbons (Fsp3) is 0.500. The summed E-state index contributed by atoms with van der Waals surface area (Å²) in [5.41, 5.74) is 0.867. The van der Waals surface area contributed by atoms with Crippen LogP contribution in [0.3, 0.4) is 0 Å². The molecule has 1 amide bonds. The highest BCUT2D eigenvalue weighted by molar-refractivity contribution is 7.59. The molecule has 0 radical (unpaired) electrons. The minimum absolute atomic E-state index is 0. The Hall–Kier alpha value is -1.30. The van der Waals surface area contributed by atoms with Gasteiger partial charge in [-0.2, -0.15) is 13.5 Å². The van der Waals surface area contributed by atoms with E-state index in [1.54, 1.807) is 0 Å². The van der Waals surface area contributed by atoms with E-state index in [1.807, 2.05) is 30.3 Å². The third-order valence-corrected chi connectivity index (χ3v) is 3.17. The van der Waals surface area contributed by atoms with Gasteiger partial charge < -0.3 is 10.1 Å². The molecule has 1 saturated carbocycles. The van der Waals surface area contributed by atoms with Gasteiger partial charge in [0.05, 0.1) is 0 Å². The number of halogens is 2. The summed E-state index contributed by atoms with van der Waals surface area (Å²) >= 11 is 0. The SMILES string of the molecule is O=C(N[C@H]1CCCC(F)(F)C1)OCc1ccccc1.S. The van der Waals surface area contributed by atoms with E-state index >= 15 is 0 Å². The largest absolute Gasteiger partial charge is 0.445 e. The summed E-state index contributed by atoms with van der Waals surface area (Å²) < 4.78 is 31.3. The van der Waals surface area contributed by atoms with Crippen LogP contribution in [0.4, 0.5) is 13.6 Å². The Morgan fingerprint density at radius 3 is 2.70 bits per heavy atom. The van der Waals surface area contributed by atoms with E-state index in [9.17, 15) is 13.6 Å². The zero-order chi connectivity index (χ0) is 13.7. The Morgan fingerprint density at radius 1 is 1.35 bits per heavy atom. The molecule has 0 saturated heterocycles. The van der Waals surface area contributed by atoms with Gasteiger partial charge in [-0.1, -0.05) is 30.3 Å². The molecule has 112 valence electrons. The third-order valence-electron chi connectivity index (χ3n) is 3.17. The summed E-state index contributed by atoms with van der Waals surface area (Å²) in [6.07, 6.45) is -0.0174. The lowest BCUT2D eigenvalue weighted by molar-refractivity contribution is -0.0436. The van der Waals surface area contributed by atoms with Crippen molar-refractivity contribution in [3.8, 4) is 0 Å². The van der Waals surface area contributed by atoms with Crippen LogP contribution >= 0.6 is 13.5 Å². The average Bonchev–Trinajstić information content (AvgIpc) is 2.36. The van der Waals surface area contributed by atoms with Gasteiger partial charge in [0.2, 0.25) is 5.92 Å². The van der Waals surface area contributed by atoms with E-state index in [4.69, 9.17) is 4.74 Å². The van der Waals surface area contributed by atoms with Crippen molar-refractivity contribution in [2.24, 2.45) is 0 Å². The van der Waals surface area contributed by atoms with Crippen molar-refractivity contribution in [1.82, 2.24) is 5.32 Å². The molecule has 2 rings (SSSR count). The maximum atomic E-state index is 13.2. The number of hydrogen-bond acceptors (Lipinski definition) is 2. The molecule has 0 aromatic heterocycles. The van der Waals surface area contributed by atoms with Crippen LogP contribution < -0.4 is 5.32 Å². The van der Waals surface area contributed by atoms with Crippen molar-refractivity contribution < 1.29 is 18.3 Å². The number of ether oxygens (including phenoxy) is 1. The normalized spacial score (nSPS) is 20.6. The molecule has 0 spiro atoms. The Labute approximate surface area is 124 Å². The fourth-order valence-corrected chi connectivity index (χ4v) is 2.23. The van der Waals surface area contributed by atoms with Gasteiger partial charge in [0.25, 0.3) is 0 Å². The highest BCUT2D eigenvalue weighted by Crippen LogP contribution is 2.33. The summed E-state index contributed by atoms with van der Waals surface area (Å²) in [4.78, 5) is 11.5. The number of hydrogen-bond donors (Lipinski definition) is 1.